The van der Waals surface area contributed by atoms with Crippen molar-refractivity contribution in [3.8, 4) is 5.75 Å². The number of halogens is 1. The van der Waals surface area contributed by atoms with Gasteiger partial charge in [0.1, 0.15) is 5.75 Å². The molecule has 138 valence electrons. The molecule has 2 aromatic carbocycles. The molecule has 11 heteroatoms. The van der Waals surface area contributed by atoms with E-state index in [1.54, 1.807) is 12.1 Å². The number of hydrogen-bond donors (Lipinski definition) is 2. The van der Waals surface area contributed by atoms with Crippen molar-refractivity contribution in [2.45, 2.75) is 4.90 Å². The summed E-state index contributed by atoms with van der Waals surface area (Å²) in [6.07, 6.45) is 0. The average Bonchev–Trinajstić information content (AvgIpc) is 2.60. The maximum atomic E-state index is 12.1. The van der Waals surface area contributed by atoms with Crippen LogP contribution in [0, 0.1) is 10.1 Å². The summed E-state index contributed by atoms with van der Waals surface area (Å²) in [5.74, 6) is -0.496. The highest BCUT2D eigenvalue weighted by atomic mass is 79.9. The number of anilines is 1. The second-order valence-corrected chi connectivity index (χ2v) is 7.65. The van der Waals surface area contributed by atoms with Crippen LogP contribution < -0.4 is 14.8 Å². The lowest BCUT2D eigenvalue weighted by Gasteiger charge is -2.11. The Morgan fingerprint density at radius 3 is 2.46 bits per heavy atom. The Kier molecular flexibility index (Phi) is 6.29. The van der Waals surface area contributed by atoms with Gasteiger partial charge in [-0.3, -0.25) is 14.9 Å². The highest BCUT2D eigenvalue weighted by molar-refractivity contribution is 9.10. The first-order valence-corrected chi connectivity index (χ1v) is 9.38. The smallest absolute Gasteiger partial charge is 0.271 e. The van der Waals surface area contributed by atoms with Crippen molar-refractivity contribution < 1.29 is 22.9 Å². The van der Waals surface area contributed by atoms with E-state index in [1.807, 2.05) is 0 Å². The minimum absolute atomic E-state index is 0.00132. The number of nitrogens with zero attached hydrogens (tertiary/aromatic N) is 1. The Labute approximate surface area is 157 Å². The number of methoxy groups -OCH3 is 1. The third-order valence-electron chi connectivity index (χ3n) is 3.21. The molecule has 0 aromatic heterocycles. The molecule has 0 fully saturated rings. The summed E-state index contributed by atoms with van der Waals surface area (Å²) in [7, 11) is -2.53. The van der Waals surface area contributed by atoms with Gasteiger partial charge in [0.05, 0.1) is 29.2 Å². The highest BCUT2D eigenvalue weighted by Gasteiger charge is 2.17. The molecule has 0 unspecified atom stereocenters. The lowest BCUT2D eigenvalue weighted by molar-refractivity contribution is -0.384. The zero-order chi connectivity index (χ0) is 19.3. The predicted octanol–water partition coefficient (Wildman–Crippen LogP) is 2.28. The molecule has 0 spiro atoms. The van der Waals surface area contributed by atoms with Crippen LogP contribution in [0.4, 0.5) is 11.4 Å². The van der Waals surface area contributed by atoms with Crippen molar-refractivity contribution in [2.75, 3.05) is 19.0 Å². The van der Waals surface area contributed by atoms with E-state index in [0.717, 1.165) is 6.07 Å². The molecule has 2 rings (SSSR count). The van der Waals surface area contributed by atoms with Crippen LogP contribution in [-0.2, 0) is 14.8 Å². The second-order valence-electron chi connectivity index (χ2n) is 4.97. The van der Waals surface area contributed by atoms with E-state index in [4.69, 9.17) is 4.74 Å². The summed E-state index contributed by atoms with van der Waals surface area (Å²) in [5, 5.41) is 13.2. The van der Waals surface area contributed by atoms with Crippen LogP contribution in [0.15, 0.2) is 51.8 Å². The minimum atomic E-state index is -3.87. The normalized spacial score (nSPS) is 11.0. The zero-order valence-corrected chi connectivity index (χ0v) is 15.8. The van der Waals surface area contributed by atoms with E-state index in [0.29, 0.717) is 4.47 Å². The molecular formula is C15H14BrN3O6S. The molecule has 2 aromatic rings. The molecule has 9 nitrogen and oxygen atoms in total. The Hall–Kier alpha value is -2.50. The molecule has 26 heavy (non-hydrogen) atoms. The van der Waals surface area contributed by atoms with E-state index >= 15 is 0 Å². The fourth-order valence-electron chi connectivity index (χ4n) is 1.96. The van der Waals surface area contributed by atoms with Gasteiger partial charge in [0, 0.05) is 16.6 Å². The summed E-state index contributed by atoms with van der Waals surface area (Å²) >= 11 is 3.20. The van der Waals surface area contributed by atoms with E-state index in [1.165, 1.54) is 31.4 Å². The van der Waals surface area contributed by atoms with E-state index < -0.39 is 27.4 Å². The number of non-ortho nitro benzene ring substituents is 1. The number of ether oxygens (including phenoxy) is 1. The van der Waals surface area contributed by atoms with Gasteiger partial charge >= 0.3 is 0 Å². The minimum Gasteiger partial charge on any atom is -0.495 e. The molecule has 0 bridgehead atoms. The maximum Gasteiger partial charge on any atom is 0.271 e. The van der Waals surface area contributed by atoms with E-state index in [2.05, 4.69) is 26.0 Å². The largest absolute Gasteiger partial charge is 0.495 e. The first-order valence-electron chi connectivity index (χ1n) is 7.10. The molecule has 1 amide bonds. The van der Waals surface area contributed by atoms with Crippen molar-refractivity contribution in [3.63, 3.8) is 0 Å². The summed E-state index contributed by atoms with van der Waals surface area (Å²) in [4.78, 5) is 22.2. The standard InChI is InChI=1S/C15H14BrN3O6S/c1-25-14-7-4-11(19(21)22)8-13(14)18-15(20)9-17-26(23,24)12-5-2-10(16)3-6-12/h2-8,17H,9H2,1H3,(H,18,20). The van der Waals surface area contributed by atoms with Gasteiger partial charge in [0.15, 0.2) is 0 Å². The van der Waals surface area contributed by atoms with Crippen molar-refractivity contribution in [3.05, 3.63) is 57.1 Å². The summed E-state index contributed by atoms with van der Waals surface area (Å²) in [6.45, 7) is -0.551. The van der Waals surface area contributed by atoms with Crippen LogP contribution in [0.5, 0.6) is 5.75 Å². The van der Waals surface area contributed by atoms with Crippen molar-refractivity contribution in [1.29, 1.82) is 0 Å². The summed E-state index contributed by atoms with van der Waals surface area (Å²) < 4.78 is 32.2. The van der Waals surface area contributed by atoms with Crippen LogP contribution >= 0.6 is 15.9 Å². The Balaban J connectivity index is 2.08. The van der Waals surface area contributed by atoms with Crippen LogP contribution in [0.2, 0.25) is 0 Å². The number of hydrogen-bond acceptors (Lipinski definition) is 6. The number of rotatable bonds is 7. The first kappa shape index (κ1) is 19.8. The monoisotopic (exact) mass is 443 g/mol. The molecule has 0 atom stereocenters. The number of nitro groups is 1. The Bertz CT molecular complexity index is 931. The van der Waals surface area contributed by atoms with Crippen molar-refractivity contribution in [1.82, 2.24) is 4.72 Å². The molecule has 0 saturated carbocycles. The van der Waals surface area contributed by atoms with Gasteiger partial charge in [-0.2, -0.15) is 0 Å². The molecule has 2 N–H and O–H groups in total. The van der Waals surface area contributed by atoms with Gasteiger partial charge in [-0.1, -0.05) is 15.9 Å². The highest BCUT2D eigenvalue weighted by Crippen LogP contribution is 2.28. The fraction of sp³-hybridized carbons (Fsp3) is 0.133. The van der Waals surface area contributed by atoms with E-state index in [9.17, 15) is 23.3 Å². The number of carbonyl (C=O) groups is 1. The Morgan fingerprint density at radius 2 is 1.88 bits per heavy atom. The SMILES string of the molecule is COc1ccc([N+](=O)[O-])cc1NC(=O)CNS(=O)(=O)c1ccc(Br)cc1. The molecule has 0 aliphatic rings. The van der Waals surface area contributed by atoms with Gasteiger partial charge < -0.3 is 10.1 Å². The van der Waals surface area contributed by atoms with Gasteiger partial charge in [0.25, 0.3) is 5.69 Å². The molecule has 0 saturated heterocycles. The first-order chi connectivity index (χ1) is 12.2. The number of amides is 1. The van der Waals surface area contributed by atoms with Gasteiger partial charge in [0.2, 0.25) is 15.9 Å². The van der Waals surface area contributed by atoms with Crippen LogP contribution in [0.25, 0.3) is 0 Å². The Morgan fingerprint density at radius 1 is 1.23 bits per heavy atom. The maximum absolute atomic E-state index is 12.1. The van der Waals surface area contributed by atoms with Gasteiger partial charge in [-0.25, -0.2) is 13.1 Å². The zero-order valence-electron chi connectivity index (χ0n) is 13.4. The molecule has 0 aliphatic heterocycles. The third kappa shape index (κ3) is 5.00. The van der Waals surface area contributed by atoms with Crippen LogP contribution in [0.3, 0.4) is 0 Å². The molecule has 0 heterocycles. The molecule has 0 radical (unpaired) electrons. The number of nitrogens with one attached hydrogen (secondary N) is 2. The topological polar surface area (TPSA) is 128 Å². The quantitative estimate of drug-likeness (QED) is 0.498. The van der Waals surface area contributed by atoms with Gasteiger partial charge in [-0.05, 0) is 30.3 Å². The summed E-state index contributed by atoms with van der Waals surface area (Å²) in [5.41, 5.74) is -0.175. The summed E-state index contributed by atoms with van der Waals surface area (Å²) in [6, 6.07) is 9.57. The average molecular weight is 444 g/mol. The third-order valence-corrected chi connectivity index (χ3v) is 5.16. The molecular weight excluding hydrogens is 430 g/mol. The van der Waals surface area contributed by atoms with E-state index in [-0.39, 0.29) is 22.0 Å². The molecule has 0 aliphatic carbocycles. The van der Waals surface area contributed by atoms with Gasteiger partial charge in [-0.15, -0.1) is 0 Å². The van der Waals surface area contributed by atoms with Crippen LogP contribution in [-0.4, -0.2) is 32.9 Å². The second kappa shape index (κ2) is 8.25. The predicted molar refractivity (Wildman–Crippen MR) is 97.6 cm³/mol. The number of nitro benzene ring substituents is 1. The van der Waals surface area contributed by atoms with Crippen molar-refractivity contribution >= 4 is 43.2 Å². The fourth-order valence-corrected chi connectivity index (χ4v) is 3.21. The van der Waals surface area contributed by atoms with Crippen LogP contribution in [0.1, 0.15) is 0 Å². The lowest BCUT2D eigenvalue weighted by atomic mass is 10.2. The lowest BCUT2D eigenvalue weighted by Crippen LogP contribution is -2.33. The van der Waals surface area contributed by atoms with Crippen molar-refractivity contribution in [2.24, 2.45) is 0 Å². The number of sulfonamides is 1. The number of benzene rings is 2. The number of carbonyl (C=O) groups excluding carboxylic acids is 1.